The van der Waals surface area contributed by atoms with Gasteiger partial charge in [-0.3, -0.25) is 0 Å². The van der Waals surface area contributed by atoms with Crippen LogP contribution in [0.4, 0.5) is 0 Å². The molecule has 2 unspecified atom stereocenters. The second-order valence-corrected chi connectivity index (χ2v) is 60.6. The van der Waals surface area contributed by atoms with Crippen LogP contribution in [0.5, 0.6) is 0 Å². The van der Waals surface area contributed by atoms with Crippen LogP contribution in [0, 0.1) is 10.8 Å². The molecule has 0 fully saturated rings. The predicted octanol–water partition coefficient (Wildman–Crippen LogP) is 15.4. The Bertz CT molecular complexity index is 1880. The van der Waals surface area contributed by atoms with Gasteiger partial charge in [0.05, 0.1) is 0 Å². The molecule has 275 valence electrons. The van der Waals surface area contributed by atoms with Gasteiger partial charge in [0, 0.05) is 0 Å². The van der Waals surface area contributed by atoms with Crippen LogP contribution in [-0.4, -0.2) is 5.92 Å². The number of fused-ring (bicyclic) bond motifs is 2. The van der Waals surface area contributed by atoms with Crippen molar-refractivity contribution in [3.63, 3.8) is 0 Å². The Morgan fingerprint density at radius 2 is 0.904 bits per heavy atom. The van der Waals surface area contributed by atoms with E-state index in [0.29, 0.717) is 0 Å². The minimum absolute atomic E-state index is 0.0383. The van der Waals surface area contributed by atoms with Gasteiger partial charge in [0.2, 0.25) is 0 Å². The Hall–Kier alpha value is -1.96. The van der Waals surface area contributed by atoms with Crippen molar-refractivity contribution >= 4 is 35.1 Å². The van der Waals surface area contributed by atoms with E-state index in [0.717, 1.165) is 12.8 Å². The normalized spacial score (nSPS) is 18.1. The molecule has 0 nitrogen and oxygen atoms in total. The first kappa shape index (κ1) is 39.7. The van der Waals surface area contributed by atoms with Gasteiger partial charge < -0.3 is 0 Å². The molecule has 0 aromatic heterocycles. The molecule has 0 heterocycles. The quantitative estimate of drug-likeness (QED) is 0.132. The average molecular weight is 828 g/mol. The molecule has 0 radical (unpaired) electrons. The molecule has 0 N–H and O–H groups in total. The van der Waals surface area contributed by atoms with Crippen molar-refractivity contribution < 1.29 is 15.6 Å². The molecule has 2 aliphatic rings. The summed E-state index contributed by atoms with van der Waals surface area (Å²) in [6.07, 6.45) is 12.0. The Morgan fingerprint density at radius 3 is 1.25 bits per heavy atom. The molecular weight excluding hydrogens is 767 g/mol. The molecule has 4 heteroatoms. The summed E-state index contributed by atoms with van der Waals surface area (Å²) in [5, 5.41) is 0. The van der Waals surface area contributed by atoms with Crippen LogP contribution in [0.3, 0.4) is 0 Å². The van der Waals surface area contributed by atoms with E-state index in [1.165, 1.54) is 92.5 Å². The van der Waals surface area contributed by atoms with Crippen molar-refractivity contribution in [1.82, 2.24) is 0 Å². The predicted molar refractivity (Wildman–Crippen MR) is 232 cm³/mol. The van der Waals surface area contributed by atoms with E-state index in [4.69, 9.17) is 17.0 Å². The van der Waals surface area contributed by atoms with E-state index in [2.05, 4.69) is 166 Å². The third-order valence-electron chi connectivity index (χ3n) is 12.3. The number of hydrogen-bond donors (Lipinski definition) is 0. The van der Waals surface area contributed by atoms with E-state index in [1.807, 2.05) is 0 Å². The Balaban J connectivity index is 1.63. The maximum atomic E-state index is 8.95. The first-order valence-corrected chi connectivity index (χ1v) is 36.3. The van der Waals surface area contributed by atoms with Crippen LogP contribution in [0.25, 0.3) is 34.4 Å². The van der Waals surface area contributed by atoms with Gasteiger partial charge in [-0.2, -0.15) is 0 Å². The summed E-state index contributed by atoms with van der Waals surface area (Å²) in [5.41, 5.74) is 16.3. The average Bonchev–Trinajstić information content (AvgIpc) is 3.72. The van der Waals surface area contributed by atoms with Gasteiger partial charge in [-0.05, 0) is 0 Å². The zero-order chi connectivity index (χ0) is 37.7. The Labute approximate surface area is 324 Å². The zero-order valence-corrected chi connectivity index (χ0v) is 38.6. The monoisotopic (exact) mass is 825 g/mol. The van der Waals surface area contributed by atoms with Gasteiger partial charge in [-0.15, -0.1) is 0 Å². The number of aryl methyl sites for hydroxylation is 2. The van der Waals surface area contributed by atoms with Crippen molar-refractivity contribution in [1.29, 1.82) is 0 Å². The van der Waals surface area contributed by atoms with Crippen molar-refractivity contribution in [2.45, 2.75) is 114 Å². The summed E-state index contributed by atoms with van der Waals surface area (Å²) in [5.74, 6) is -1.73. The van der Waals surface area contributed by atoms with Crippen LogP contribution in [0.1, 0.15) is 122 Å². The fourth-order valence-electron chi connectivity index (χ4n) is 9.33. The topological polar surface area (TPSA) is 0 Å². The van der Waals surface area contributed by atoms with Crippen molar-refractivity contribution in [3.05, 3.63) is 129 Å². The number of unbranched alkanes of at least 4 members (excludes halogenated alkanes) is 2. The second-order valence-electron chi connectivity index (χ2n) is 18.1. The Kier molecular flexibility index (Phi) is 11.4. The summed E-state index contributed by atoms with van der Waals surface area (Å²) in [7, 11) is 17.9. The number of benzene rings is 4. The molecule has 6 rings (SSSR count). The second kappa shape index (κ2) is 14.9. The molecular formula is C48H61Cl2SiZr. The molecule has 52 heavy (non-hydrogen) atoms. The summed E-state index contributed by atoms with van der Waals surface area (Å²) in [4.78, 5) is 0. The first-order chi connectivity index (χ1) is 24.5. The third-order valence-corrected chi connectivity index (χ3v) is 63.8. The van der Waals surface area contributed by atoms with Gasteiger partial charge in [0.1, 0.15) is 0 Å². The van der Waals surface area contributed by atoms with Crippen LogP contribution in [0.15, 0.2) is 96.1 Å². The SMILES string of the molecule is CCCCc1ccccc1-c1cccc2c1C=C(C(C)(C)C)[CH]2[Zr]([Cl])([Cl])([CH]1C(C(C)(C)C)=Cc2c(-c3ccccc3CCCC)cccc21)[SiH](C)C. The van der Waals surface area contributed by atoms with Crippen molar-refractivity contribution in [2.75, 3.05) is 0 Å². The molecule has 0 amide bonds. The summed E-state index contributed by atoms with van der Waals surface area (Å²) in [6.45, 7) is 23.8. The van der Waals surface area contributed by atoms with Gasteiger partial charge in [-0.25, -0.2) is 0 Å². The van der Waals surface area contributed by atoms with E-state index in [1.54, 1.807) is 0 Å². The van der Waals surface area contributed by atoms with Gasteiger partial charge in [0.15, 0.2) is 0 Å². The summed E-state index contributed by atoms with van der Waals surface area (Å²) in [6, 6.07) is 32.2. The maximum absolute atomic E-state index is 8.95. The zero-order valence-electron chi connectivity index (χ0n) is 33.5. The summed E-state index contributed by atoms with van der Waals surface area (Å²) >= 11 is -5.04. The third kappa shape index (κ3) is 6.91. The standard InChI is InChI=1S/2C23H27.C2H7Si.2ClH.Zr/c2*1-5-6-10-17-11-7-8-13-20(17)21-14-9-12-18-15-19(16-22(18)21)23(2,3)4;1-3-2;;;/h2*7-9,11-16H,5-6,10H2,1-4H3;3H,1-2H3;2*1H;/q;;;;;+2/p-2. The molecule has 4 aromatic rings. The molecule has 0 spiro atoms. The van der Waals surface area contributed by atoms with Gasteiger partial charge >= 0.3 is 327 Å². The number of allylic oxidation sites excluding steroid dienone is 2. The van der Waals surface area contributed by atoms with E-state index in [-0.39, 0.29) is 18.1 Å². The fraction of sp³-hybridized carbons (Fsp3) is 0.417. The van der Waals surface area contributed by atoms with Crippen LogP contribution < -0.4 is 0 Å². The van der Waals surface area contributed by atoms with Crippen molar-refractivity contribution in [3.8, 4) is 22.3 Å². The molecule has 0 saturated heterocycles. The molecule has 0 aliphatic heterocycles. The van der Waals surface area contributed by atoms with Crippen LogP contribution in [0.2, 0.25) is 13.1 Å². The van der Waals surface area contributed by atoms with E-state index in [9.17, 15) is 0 Å². The first-order valence-electron chi connectivity index (χ1n) is 20.0. The van der Waals surface area contributed by atoms with Crippen LogP contribution >= 0.6 is 17.0 Å². The number of halogens is 2. The Morgan fingerprint density at radius 1 is 0.538 bits per heavy atom. The molecule has 2 aliphatic carbocycles. The van der Waals surface area contributed by atoms with E-state index >= 15 is 0 Å². The molecule has 0 saturated carbocycles. The molecule has 4 aromatic carbocycles. The molecule has 0 bridgehead atoms. The van der Waals surface area contributed by atoms with Gasteiger partial charge in [0.25, 0.3) is 0 Å². The summed E-state index contributed by atoms with van der Waals surface area (Å²) < 4.78 is 0.0766. The fourth-order valence-corrected chi connectivity index (χ4v) is 40.7. The van der Waals surface area contributed by atoms with Crippen LogP contribution in [-0.2, 0) is 28.4 Å². The molecule has 2 atom stereocenters. The van der Waals surface area contributed by atoms with E-state index < -0.39 is 21.5 Å². The van der Waals surface area contributed by atoms with Crippen molar-refractivity contribution in [2.24, 2.45) is 10.8 Å². The number of hydrogen-bond acceptors (Lipinski definition) is 0. The number of rotatable bonds is 11. The van der Waals surface area contributed by atoms with Gasteiger partial charge in [-0.1, -0.05) is 0 Å². The minimum atomic E-state index is -5.04.